The molecule has 0 heterocycles. The molecule has 0 amide bonds. The first kappa shape index (κ1) is 51.3. The molecule has 0 spiro atoms. The lowest BCUT2D eigenvalue weighted by Gasteiger charge is -2.31. The normalized spacial score (nSPS) is 13.6. The molecular weight excluding hydrogens is 609 g/mol. The van der Waals surface area contributed by atoms with Crippen molar-refractivity contribution in [3.63, 3.8) is 0 Å². The molecule has 0 aromatic carbocycles. The van der Waals surface area contributed by atoms with E-state index in [1.165, 1.54) is 109 Å². The highest BCUT2D eigenvalue weighted by molar-refractivity contribution is 7.79. The smallest absolute Gasteiger partial charge is 0.233 e. The van der Waals surface area contributed by atoms with Gasteiger partial charge < -0.3 is 9.53 Å². The Bertz CT molecular complexity index is 758. The Labute approximate surface area is 308 Å². The molecule has 1 N–H and O–H groups in total. The number of thiol groups is 1. The molecule has 286 valence electrons. The molecule has 1 saturated carbocycles. The molecule has 1 aliphatic carbocycles. The zero-order valence-corrected chi connectivity index (χ0v) is 35.1. The molecule has 1 unspecified atom stereocenters. The highest BCUT2D eigenvalue weighted by atomic mass is 32.1. The van der Waals surface area contributed by atoms with Crippen LogP contribution in [0.3, 0.4) is 0 Å². The van der Waals surface area contributed by atoms with Crippen LogP contribution in [0.4, 0.5) is 0 Å². The quantitative estimate of drug-likeness (QED) is 0.0295. The topological polar surface area (TPSA) is 62.5 Å². The van der Waals surface area contributed by atoms with Crippen molar-refractivity contribution in [2.24, 2.45) is 21.6 Å². The number of carbonyl (C=O) groups excluding carboxylic acids is 1. The van der Waals surface area contributed by atoms with Crippen LogP contribution in [-0.4, -0.2) is 24.5 Å². The third kappa shape index (κ3) is 33.4. The number of nitrogens with one attached hydrogen (secondary N) is 1. The van der Waals surface area contributed by atoms with Crippen molar-refractivity contribution >= 4 is 30.7 Å². The lowest BCUT2D eigenvalue weighted by atomic mass is 9.75. The van der Waals surface area contributed by atoms with E-state index in [0.29, 0.717) is 23.7 Å². The van der Waals surface area contributed by atoms with Gasteiger partial charge >= 0.3 is 0 Å². The fourth-order valence-electron chi connectivity index (χ4n) is 5.38. The van der Waals surface area contributed by atoms with Crippen LogP contribution in [0, 0.1) is 22.7 Å². The zero-order chi connectivity index (χ0) is 36.9. The summed E-state index contributed by atoms with van der Waals surface area (Å²) in [7, 11) is 0. The summed E-state index contributed by atoms with van der Waals surface area (Å²) in [5, 5.41) is 7.95. The van der Waals surface area contributed by atoms with Gasteiger partial charge in [0, 0.05) is 5.92 Å². The molecular formula is C43H86N2O2S. The Morgan fingerprint density at radius 2 is 1.25 bits per heavy atom. The van der Waals surface area contributed by atoms with Crippen LogP contribution in [0.5, 0.6) is 0 Å². The van der Waals surface area contributed by atoms with Crippen molar-refractivity contribution in [3.05, 3.63) is 11.6 Å². The van der Waals surface area contributed by atoms with Crippen LogP contribution in [0.25, 0.3) is 0 Å². The first-order chi connectivity index (χ1) is 23.2. The number of ether oxygens (including phenoxy) is 1. The van der Waals surface area contributed by atoms with Gasteiger partial charge in [-0.25, -0.2) is 4.40 Å². The molecule has 0 radical (unpaired) electrons. The Morgan fingerprint density at radius 1 is 0.792 bits per heavy atom. The van der Waals surface area contributed by atoms with Gasteiger partial charge in [-0.2, -0.15) is 0 Å². The molecule has 0 bridgehead atoms. The Morgan fingerprint density at radius 3 is 1.60 bits per heavy atom. The van der Waals surface area contributed by atoms with Crippen LogP contribution in [0.15, 0.2) is 16.0 Å². The molecule has 5 heteroatoms. The van der Waals surface area contributed by atoms with Crippen LogP contribution in [0.1, 0.15) is 223 Å². The van der Waals surface area contributed by atoms with E-state index in [-0.39, 0.29) is 5.90 Å². The fraction of sp³-hybridized carbons (Fsp3) is 0.884. The molecule has 1 rings (SSSR count). The lowest BCUT2D eigenvalue weighted by Crippen LogP contribution is -2.20. The van der Waals surface area contributed by atoms with Crippen molar-refractivity contribution in [2.75, 3.05) is 6.61 Å². The van der Waals surface area contributed by atoms with E-state index in [0.717, 1.165) is 62.7 Å². The van der Waals surface area contributed by atoms with Crippen LogP contribution in [-0.2, 0) is 9.53 Å². The Balaban J connectivity index is -0.000000705. The van der Waals surface area contributed by atoms with E-state index in [9.17, 15) is 4.79 Å². The largest absolute Gasteiger partial charge is 0.477 e. The SMILES string of the molecule is CC.CCC/C=C(CC)/C(=N/S)C(=N)OCCCCCC.CCCCCCCCCCCCCCCC(C)(C)C(C)CC.O=CC1CC1. The predicted molar refractivity (Wildman–Crippen MR) is 221 cm³/mol. The third-order valence-electron chi connectivity index (χ3n) is 9.61. The summed E-state index contributed by atoms with van der Waals surface area (Å²) < 4.78 is 9.39. The minimum Gasteiger partial charge on any atom is -0.477 e. The average Bonchev–Trinajstić information content (AvgIpc) is 3.94. The second-order valence-corrected chi connectivity index (χ2v) is 14.5. The molecule has 0 aromatic heterocycles. The Hall–Kier alpha value is -1.10. The predicted octanol–water partition coefficient (Wildman–Crippen LogP) is 15.1. The molecule has 1 aliphatic rings. The molecule has 1 fully saturated rings. The van der Waals surface area contributed by atoms with Crippen molar-refractivity contribution in [1.82, 2.24) is 0 Å². The Kier molecular flexibility index (Phi) is 41.3. The monoisotopic (exact) mass is 695 g/mol. The van der Waals surface area contributed by atoms with Crippen molar-refractivity contribution < 1.29 is 9.53 Å². The van der Waals surface area contributed by atoms with E-state index in [2.05, 4.69) is 78.7 Å². The minimum absolute atomic E-state index is 0.149. The third-order valence-corrected chi connectivity index (χ3v) is 9.81. The first-order valence-corrected chi connectivity index (χ1v) is 21.2. The number of rotatable bonds is 27. The number of hydrogen-bond acceptors (Lipinski definition) is 5. The number of carbonyl (C=O) groups is 1. The number of allylic oxidation sites excluding steroid dienone is 1. The number of nitrogens with zero attached hydrogens (tertiary/aromatic N) is 1. The van der Waals surface area contributed by atoms with Gasteiger partial charge in [0.15, 0.2) is 0 Å². The van der Waals surface area contributed by atoms with Gasteiger partial charge in [-0.3, -0.25) is 5.41 Å². The summed E-state index contributed by atoms with van der Waals surface area (Å²) in [6.07, 6.45) is 34.7. The van der Waals surface area contributed by atoms with Gasteiger partial charge in [-0.15, -0.1) is 0 Å². The van der Waals surface area contributed by atoms with Gasteiger partial charge in [0.1, 0.15) is 12.0 Å². The summed E-state index contributed by atoms with van der Waals surface area (Å²) in [5.41, 5.74) is 2.18. The standard InChI is InChI=1S/C22H46.C15H28N2OS.C4H6O.C2H6/c1-6-8-9-10-11-12-13-14-15-16-17-18-19-20-22(4,5)21(3)7-2;1-4-7-9-10-12-18-15(16)14(17-19)13(6-3)11-8-5-2;5-3-4-1-2-4;1-2/h21H,6-20H2,1-5H3;11,16,19H,4-10,12H2,1-3H3;3-4H,1-2H2;1-2H3/b;13-11+,16-15?,17-14-;;. The summed E-state index contributed by atoms with van der Waals surface area (Å²) in [6.45, 7) is 22.9. The summed E-state index contributed by atoms with van der Waals surface area (Å²) in [6, 6.07) is 0. The van der Waals surface area contributed by atoms with Crippen molar-refractivity contribution in [2.45, 2.75) is 223 Å². The summed E-state index contributed by atoms with van der Waals surface area (Å²) in [4.78, 5) is 9.57. The second kappa shape index (κ2) is 38.7. The van der Waals surface area contributed by atoms with Gasteiger partial charge in [0.2, 0.25) is 5.90 Å². The molecule has 0 aromatic rings. The van der Waals surface area contributed by atoms with Crippen LogP contribution in [0.2, 0.25) is 0 Å². The number of aldehydes is 1. The van der Waals surface area contributed by atoms with Crippen molar-refractivity contribution in [3.8, 4) is 0 Å². The summed E-state index contributed by atoms with van der Waals surface area (Å²) >= 11 is 3.98. The molecule has 0 saturated heterocycles. The van der Waals surface area contributed by atoms with Crippen molar-refractivity contribution in [1.29, 1.82) is 5.41 Å². The maximum atomic E-state index is 9.57. The molecule has 0 aliphatic heterocycles. The molecule has 1 atom stereocenters. The summed E-state index contributed by atoms with van der Waals surface area (Å²) in [5.74, 6) is 1.47. The van der Waals surface area contributed by atoms with Gasteiger partial charge in [-0.05, 0) is 68.2 Å². The molecule has 4 nitrogen and oxygen atoms in total. The average molecular weight is 695 g/mol. The minimum atomic E-state index is 0.149. The second-order valence-electron chi connectivity index (χ2n) is 14.3. The van der Waals surface area contributed by atoms with E-state index in [4.69, 9.17) is 10.1 Å². The van der Waals surface area contributed by atoms with Gasteiger partial charge in [0.25, 0.3) is 0 Å². The van der Waals surface area contributed by atoms with Gasteiger partial charge in [-0.1, -0.05) is 191 Å². The van der Waals surface area contributed by atoms with Gasteiger partial charge in [0.05, 0.1) is 6.61 Å². The molecule has 48 heavy (non-hydrogen) atoms. The number of unbranched alkanes of at least 4 members (excludes halogenated alkanes) is 16. The lowest BCUT2D eigenvalue weighted by molar-refractivity contribution is -0.108. The van der Waals surface area contributed by atoms with Crippen LogP contribution < -0.4 is 0 Å². The van der Waals surface area contributed by atoms with E-state index >= 15 is 0 Å². The zero-order valence-electron chi connectivity index (χ0n) is 34.2. The van der Waals surface area contributed by atoms with E-state index < -0.39 is 0 Å². The first-order valence-electron chi connectivity index (χ1n) is 20.8. The highest BCUT2D eigenvalue weighted by Crippen LogP contribution is 2.34. The van der Waals surface area contributed by atoms with Crippen LogP contribution >= 0.6 is 12.8 Å². The van der Waals surface area contributed by atoms with E-state index in [1.54, 1.807) is 0 Å². The fourth-order valence-corrected chi connectivity index (χ4v) is 5.60. The van der Waals surface area contributed by atoms with E-state index in [1.807, 2.05) is 13.8 Å². The highest BCUT2D eigenvalue weighted by Gasteiger charge is 2.23. The maximum absolute atomic E-state index is 9.57. The maximum Gasteiger partial charge on any atom is 0.233 e. The number of hydrogen-bond donors (Lipinski definition) is 2.